The first-order chi connectivity index (χ1) is 5.59. The Morgan fingerprint density at radius 2 is 2.08 bits per heavy atom. The molecule has 2 nitrogen and oxygen atoms in total. The Balaban J connectivity index is 2.52. The zero-order chi connectivity index (χ0) is 9.14. The first-order valence-electron chi connectivity index (χ1n) is 4.89. The Morgan fingerprint density at radius 3 is 2.67 bits per heavy atom. The fraction of sp³-hybridized carbons (Fsp3) is 0.900. The van der Waals surface area contributed by atoms with Crippen LogP contribution in [0, 0.1) is 11.8 Å². The van der Waals surface area contributed by atoms with Gasteiger partial charge in [0.05, 0.1) is 0 Å². The lowest BCUT2D eigenvalue weighted by atomic mass is 9.96. The van der Waals surface area contributed by atoms with Crippen molar-refractivity contribution in [3.8, 4) is 0 Å². The van der Waals surface area contributed by atoms with E-state index in [1.807, 2.05) is 0 Å². The van der Waals surface area contributed by atoms with Gasteiger partial charge in [-0.2, -0.15) is 0 Å². The molecule has 1 amide bonds. The maximum atomic E-state index is 11.3. The molecule has 1 heterocycles. The number of hydrogen-bond donors (Lipinski definition) is 1. The predicted molar refractivity (Wildman–Crippen MR) is 49.8 cm³/mol. The van der Waals surface area contributed by atoms with Crippen LogP contribution in [0.2, 0.25) is 0 Å². The van der Waals surface area contributed by atoms with E-state index in [-0.39, 0.29) is 5.91 Å². The van der Waals surface area contributed by atoms with E-state index in [1.54, 1.807) is 0 Å². The molecule has 0 aromatic carbocycles. The first-order valence-corrected chi connectivity index (χ1v) is 4.89. The molecule has 0 radical (unpaired) electrons. The Bertz CT molecular complexity index is 165. The van der Waals surface area contributed by atoms with Gasteiger partial charge in [0.2, 0.25) is 5.91 Å². The number of amides is 1. The number of hydrogen-bond acceptors (Lipinski definition) is 1. The van der Waals surface area contributed by atoms with E-state index in [9.17, 15) is 4.79 Å². The summed E-state index contributed by atoms with van der Waals surface area (Å²) >= 11 is 0. The summed E-state index contributed by atoms with van der Waals surface area (Å²) in [5.74, 6) is 1.37. The Kier molecular flexibility index (Phi) is 3.12. The molecule has 12 heavy (non-hydrogen) atoms. The summed E-state index contributed by atoms with van der Waals surface area (Å²) in [7, 11) is 0. The van der Waals surface area contributed by atoms with Gasteiger partial charge in [0.25, 0.3) is 0 Å². The molecule has 1 fully saturated rings. The van der Waals surface area contributed by atoms with Crippen molar-refractivity contribution < 1.29 is 4.79 Å². The van der Waals surface area contributed by atoms with Crippen LogP contribution >= 0.6 is 0 Å². The van der Waals surface area contributed by atoms with E-state index in [4.69, 9.17) is 0 Å². The van der Waals surface area contributed by atoms with Crippen molar-refractivity contribution in [2.75, 3.05) is 0 Å². The van der Waals surface area contributed by atoms with Gasteiger partial charge in [-0.15, -0.1) is 0 Å². The highest BCUT2D eigenvalue weighted by molar-refractivity contribution is 5.76. The van der Waals surface area contributed by atoms with E-state index in [2.05, 4.69) is 26.1 Å². The van der Waals surface area contributed by atoms with Crippen LogP contribution in [0.3, 0.4) is 0 Å². The quantitative estimate of drug-likeness (QED) is 0.638. The average molecular weight is 169 g/mol. The SMILES string of the molecule is CC(C)[C@H]1CC[C@H](C)CC(=O)N1. The van der Waals surface area contributed by atoms with Gasteiger partial charge in [-0.1, -0.05) is 20.8 Å². The van der Waals surface area contributed by atoms with Gasteiger partial charge in [0.15, 0.2) is 0 Å². The highest BCUT2D eigenvalue weighted by Gasteiger charge is 2.22. The minimum atomic E-state index is 0.235. The standard InChI is InChI=1S/C10H19NO/c1-7(2)9-5-4-8(3)6-10(12)11-9/h7-9H,4-6H2,1-3H3,(H,11,12)/t8-,9+/m0/s1. The highest BCUT2D eigenvalue weighted by atomic mass is 16.1. The van der Waals surface area contributed by atoms with Gasteiger partial charge in [0, 0.05) is 12.5 Å². The fourth-order valence-electron chi connectivity index (χ4n) is 1.72. The Morgan fingerprint density at radius 1 is 1.42 bits per heavy atom. The summed E-state index contributed by atoms with van der Waals surface area (Å²) in [6.07, 6.45) is 3.04. The number of carbonyl (C=O) groups excluding carboxylic acids is 1. The molecule has 1 rings (SSSR count). The average Bonchev–Trinajstić information content (AvgIpc) is 2.11. The lowest BCUT2D eigenvalue weighted by molar-refractivity contribution is -0.122. The van der Waals surface area contributed by atoms with Crippen molar-refractivity contribution in [1.82, 2.24) is 5.32 Å². The van der Waals surface area contributed by atoms with Gasteiger partial charge in [0.1, 0.15) is 0 Å². The second kappa shape index (κ2) is 3.92. The molecule has 2 heteroatoms. The highest BCUT2D eigenvalue weighted by Crippen LogP contribution is 2.19. The van der Waals surface area contributed by atoms with Crippen LogP contribution in [0.25, 0.3) is 0 Å². The van der Waals surface area contributed by atoms with Crippen molar-refractivity contribution in [2.45, 2.75) is 46.1 Å². The van der Waals surface area contributed by atoms with Crippen LogP contribution in [0.15, 0.2) is 0 Å². The normalized spacial score (nSPS) is 31.5. The third-order valence-corrected chi connectivity index (χ3v) is 2.66. The third-order valence-electron chi connectivity index (χ3n) is 2.66. The summed E-state index contributed by atoms with van der Waals surface area (Å²) in [6, 6.07) is 0.405. The molecule has 2 atom stereocenters. The van der Waals surface area contributed by atoms with E-state index in [0.717, 1.165) is 6.42 Å². The summed E-state index contributed by atoms with van der Waals surface area (Å²) in [5.41, 5.74) is 0. The molecular weight excluding hydrogens is 150 g/mol. The van der Waals surface area contributed by atoms with Gasteiger partial charge >= 0.3 is 0 Å². The lowest BCUT2D eigenvalue weighted by Crippen LogP contribution is -2.36. The number of nitrogens with one attached hydrogen (secondary N) is 1. The minimum absolute atomic E-state index is 0.235. The van der Waals surface area contributed by atoms with Crippen molar-refractivity contribution >= 4 is 5.91 Å². The van der Waals surface area contributed by atoms with Crippen LogP contribution in [0.4, 0.5) is 0 Å². The summed E-state index contributed by atoms with van der Waals surface area (Å²) in [5, 5.41) is 3.07. The van der Waals surface area contributed by atoms with Crippen molar-refractivity contribution in [3.63, 3.8) is 0 Å². The lowest BCUT2D eigenvalue weighted by Gasteiger charge is -2.19. The minimum Gasteiger partial charge on any atom is -0.353 e. The van der Waals surface area contributed by atoms with Crippen LogP contribution in [-0.2, 0) is 4.79 Å². The van der Waals surface area contributed by atoms with Crippen LogP contribution in [0.5, 0.6) is 0 Å². The van der Waals surface area contributed by atoms with E-state index in [1.165, 1.54) is 6.42 Å². The molecule has 1 aliphatic rings. The molecule has 1 N–H and O–H groups in total. The van der Waals surface area contributed by atoms with Crippen molar-refractivity contribution in [2.24, 2.45) is 11.8 Å². The maximum Gasteiger partial charge on any atom is 0.220 e. The monoisotopic (exact) mass is 169 g/mol. The molecule has 0 aliphatic carbocycles. The van der Waals surface area contributed by atoms with Crippen LogP contribution in [-0.4, -0.2) is 11.9 Å². The molecule has 0 aromatic heterocycles. The molecule has 0 spiro atoms. The zero-order valence-electron chi connectivity index (χ0n) is 8.26. The van der Waals surface area contributed by atoms with Gasteiger partial charge in [-0.05, 0) is 24.7 Å². The number of carbonyl (C=O) groups is 1. The molecule has 70 valence electrons. The van der Waals surface area contributed by atoms with Crippen molar-refractivity contribution in [1.29, 1.82) is 0 Å². The molecule has 1 saturated heterocycles. The summed E-state index contributed by atoms with van der Waals surface area (Å²) < 4.78 is 0. The fourth-order valence-corrected chi connectivity index (χ4v) is 1.72. The third kappa shape index (κ3) is 2.50. The molecule has 1 aliphatic heterocycles. The van der Waals surface area contributed by atoms with E-state index in [0.29, 0.717) is 24.3 Å². The largest absolute Gasteiger partial charge is 0.353 e. The molecule has 0 unspecified atom stereocenters. The van der Waals surface area contributed by atoms with E-state index < -0.39 is 0 Å². The zero-order valence-corrected chi connectivity index (χ0v) is 8.26. The van der Waals surface area contributed by atoms with Crippen LogP contribution in [0.1, 0.15) is 40.0 Å². The van der Waals surface area contributed by atoms with Gasteiger partial charge in [-0.3, -0.25) is 4.79 Å². The topological polar surface area (TPSA) is 29.1 Å². The van der Waals surface area contributed by atoms with Crippen molar-refractivity contribution in [3.05, 3.63) is 0 Å². The van der Waals surface area contributed by atoms with Crippen LogP contribution < -0.4 is 5.32 Å². The molecule has 0 saturated carbocycles. The smallest absolute Gasteiger partial charge is 0.220 e. The van der Waals surface area contributed by atoms with E-state index >= 15 is 0 Å². The summed E-state index contributed by atoms with van der Waals surface area (Å²) in [4.78, 5) is 11.3. The molecule has 0 aromatic rings. The second-order valence-corrected chi connectivity index (χ2v) is 4.30. The Labute approximate surface area is 74.7 Å². The first kappa shape index (κ1) is 9.56. The van der Waals surface area contributed by atoms with Gasteiger partial charge < -0.3 is 5.32 Å². The number of rotatable bonds is 1. The van der Waals surface area contributed by atoms with Gasteiger partial charge in [-0.25, -0.2) is 0 Å². The predicted octanol–water partition coefficient (Wildman–Crippen LogP) is 1.95. The maximum absolute atomic E-state index is 11.3. The second-order valence-electron chi connectivity index (χ2n) is 4.30. The molecule has 0 bridgehead atoms. The summed E-state index contributed by atoms with van der Waals surface area (Å²) in [6.45, 7) is 6.49. The Hall–Kier alpha value is -0.530. The molecular formula is C10H19NO.